The van der Waals surface area contributed by atoms with E-state index in [0.29, 0.717) is 36.3 Å². The van der Waals surface area contributed by atoms with Gasteiger partial charge in [-0.15, -0.1) is 5.10 Å². The van der Waals surface area contributed by atoms with E-state index >= 15 is 0 Å². The molecule has 1 aliphatic rings. The molecule has 11 heteroatoms. The van der Waals surface area contributed by atoms with E-state index in [1.165, 1.54) is 23.7 Å². The van der Waals surface area contributed by atoms with Gasteiger partial charge in [0.15, 0.2) is 11.5 Å². The van der Waals surface area contributed by atoms with Gasteiger partial charge in [0, 0.05) is 29.8 Å². The lowest BCUT2D eigenvalue weighted by Crippen LogP contribution is -2.30. The first kappa shape index (κ1) is 29.1. The highest BCUT2D eigenvalue weighted by atomic mass is 35.5. The summed E-state index contributed by atoms with van der Waals surface area (Å²) in [6.07, 6.45) is 3.69. The van der Waals surface area contributed by atoms with E-state index in [0.717, 1.165) is 16.7 Å². The molecule has 9 nitrogen and oxygen atoms in total. The molecule has 5 rings (SSSR count). The third-order valence-electron chi connectivity index (χ3n) is 7.40. The number of nitrogens with zero attached hydrogens (tertiary/aromatic N) is 4. The van der Waals surface area contributed by atoms with Gasteiger partial charge in [0.1, 0.15) is 11.5 Å². The Morgan fingerprint density at radius 1 is 1.17 bits per heavy atom. The van der Waals surface area contributed by atoms with Gasteiger partial charge in [-0.1, -0.05) is 48.4 Å². The van der Waals surface area contributed by atoms with Crippen LogP contribution >= 0.6 is 11.6 Å². The molecule has 1 aliphatic heterocycles. The lowest BCUT2D eigenvalue weighted by atomic mass is 9.94. The Bertz CT molecular complexity index is 1690. The van der Waals surface area contributed by atoms with Crippen LogP contribution in [-0.4, -0.2) is 37.6 Å². The minimum absolute atomic E-state index is 0.0283. The third kappa shape index (κ3) is 6.08. The summed E-state index contributed by atoms with van der Waals surface area (Å²) in [5, 5.41) is 14.1. The average Bonchev–Trinajstić information content (AvgIpc) is 3.34. The van der Waals surface area contributed by atoms with Crippen molar-refractivity contribution in [3.63, 3.8) is 0 Å². The summed E-state index contributed by atoms with van der Waals surface area (Å²) < 4.78 is 15.9. The normalized spacial score (nSPS) is 16.9. The molecule has 0 fully saturated rings. The molecule has 0 aliphatic carbocycles. The highest BCUT2D eigenvalue weighted by Gasteiger charge is 2.25. The average molecular weight is 589 g/mol. The fourth-order valence-corrected chi connectivity index (χ4v) is 5.28. The number of pyridine rings is 1. The third-order valence-corrected chi connectivity index (χ3v) is 7.69. The largest absolute Gasteiger partial charge is 0.342 e. The molecule has 216 valence electrons. The standard InChI is InChI=1S/C31H30ClFN6O3/c1-17-6-4-8-24(35-31(42)29-19(3)39(38-37-29)27-9-5-7-23(32)28(27)33)26-16-21(12-13-34-26)22-11-10-20(14-18(2)40)15-25(22)36-30(17)41/h5,7,9-13,15-17,24H,4,6,8,14H2,1-3H3,(H,35,42)(H,36,41)/t17-,24+/m1/s1. The summed E-state index contributed by atoms with van der Waals surface area (Å²) >= 11 is 5.94. The predicted molar refractivity (Wildman–Crippen MR) is 157 cm³/mol. The molecule has 2 N–H and O–H groups in total. The zero-order chi connectivity index (χ0) is 30.0. The number of carbonyl (C=O) groups is 3. The van der Waals surface area contributed by atoms with Crippen molar-refractivity contribution in [1.82, 2.24) is 25.3 Å². The quantitative estimate of drug-likeness (QED) is 0.304. The second-order valence-electron chi connectivity index (χ2n) is 10.6. The molecule has 0 saturated carbocycles. The first-order valence-electron chi connectivity index (χ1n) is 13.7. The molecule has 42 heavy (non-hydrogen) atoms. The number of anilines is 1. The van der Waals surface area contributed by atoms with Crippen molar-refractivity contribution >= 4 is 34.9 Å². The van der Waals surface area contributed by atoms with Crippen LogP contribution in [0.3, 0.4) is 0 Å². The molecule has 2 aromatic carbocycles. The highest BCUT2D eigenvalue weighted by Crippen LogP contribution is 2.33. The number of hydrogen-bond acceptors (Lipinski definition) is 6. The van der Waals surface area contributed by atoms with Gasteiger partial charge in [-0.25, -0.2) is 9.07 Å². The number of aromatic nitrogens is 4. The van der Waals surface area contributed by atoms with Crippen LogP contribution < -0.4 is 10.6 Å². The van der Waals surface area contributed by atoms with Crippen LogP contribution in [0.15, 0.2) is 54.7 Å². The van der Waals surface area contributed by atoms with Gasteiger partial charge in [-0.05, 0) is 68.1 Å². The number of benzene rings is 2. The van der Waals surface area contributed by atoms with Gasteiger partial charge in [-0.2, -0.15) is 0 Å². The second-order valence-corrected chi connectivity index (χ2v) is 11.0. The van der Waals surface area contributed by atoms with Gasteiger partial charge in [0.05, 0.1) is 22.5 Å². The fourth-order valence-electron chi connectivity index (χ4n) is 5.11. The van der Waals surface area contributed by atoms with E-state index in [1.54, 1.807) is 19.2 Å². The predicted octanol–water partition coefficient (Wildman–Crippen LogP) is 5.79. The molecule has 2 atom stereocenters. The summed E-state index contributed by atoms with van der Waals surface area (Å²) in [5.41, 5.74) is 4.13. The number of ketones is 1. The molecule has 0 radical (unpaired) electrons. The Hall–Kier alpha value is -4.44. The molecular formula is C31H30ClFN6O3. The number of Topliss-reactive ketones (excluding diaryl/α,β-unsaturated/α-hetero) is 1. The number of hydrogen-bond donors (Lipinski definition) is 2. The van der Waals surface area contributed by atoms with Crippen molar-refractivity contribution in [1.29, 1.82) is 0 Å². The second kappa shape index (κ2) is 12.2. The maximum absolute atomic E-state index is 14.7. The van der Waals surface area contributed by atoms with E-state index in [-0.39, 0.29) is 40.4 Å². The summed E-state index contributed by atoms with van der Waals surface area (Å²) in [4.78, 5) is 42.9. The Balaban J connectivity index is 1.49. The van der Waals surface area contributed by atoms with Crippen molar-refractivity contribution in [2.45, 2.75) is 52.5 Å². The number of halogens is 2. The zero-order valence-electron chi connectivity index (χ0n) is 23.4. The van der Waals surface area contributed by atoms with Crippen molar-refractivity contribution < 1.29 is 18.8 Å². The summed E-state index contributed by atoms with van der Waals surface area (Å²) in [6.45, 7) is 5.02. The van der Waals surface area contributed by atoms with Crippen LogP contribution in [0.1, 0.15) is 66.6 Å². The van der Waals surface area contributed by atoms with E-state index in [1.807, 2.05) is 37.3 Å². The molecule has 0 unspecified atom stereocenters. The maximum atomic E-state index is 14.7. The topological polar surface area (TPSA) is 119 Å². The number of carbonyl (C=O) groups excluding carboxylic acids is 3. The minimum Gasteiger partial charge on any atom is -0.342 e. The monoisotopic (exact) mass is 588 g/mol. The van der Waals surface area contributed by atoms with Gasteiger partial charge in [0.25, 0.3) is 5.91 Å². The van der Waals surface area contributed by atoms with Gasteiger partial charge >= 0.3 is 0 Å². The lowest BCUT2D eigenvalue weighted by Gasteiger charge is -2.22. The Morgan fingerprint density at radius 2 is 1.98 bits per heavy atom. The van der Waals surface area contributed by atoms with Crippen LogP contribution in [0.2, 0.25) is 5.02 Å². The lowest BCUT2D eigenvalue weighted by molar-refractivity contribution is -0.119. The summed E-state index contributed by atoms with van der Waals surface area (Å²) in [7, 11) is 0. The van der Waals surface area contributed by atoms with Crippen LogP contribution in [0.5, 0.6) is 0 Å². The van der Waals surface area contributed by atoms with E-state index < -0.39 is 17.8 Å². The van der Waals surface area contributed by atoms with Crippen LogP contribution in [0.25, 0.3) is 16.8 Å². The summed E-state index contributed by atoms with van der Waals surface area (Å²) in [5.74, 6) is -1.52. The Morgan fingerprint density at radius 3 is 2.76 bits per heavy atom. The van der Waals surface area contributed by atoms with Crippen molar-refractivity contribution in [2.24, 2.45) is 5.92 Å². The molecule has 4 aromatic rings. The van der Waals surface area contributed by atoms with Crippen molar-refractivity contribution in [2.75, 3.05) is 5.32 Å². The number of amides is 2. The van der Waals surface area contributed by atoms with Crippen LogP contribution in [0, 0.1) is 18.7 Å². The van der Waals surface area contributed by atoms with Crippen LogP contribution in [-0.2, 0) is 16.0 Å². The molecule has 2 aromatic heterocycles. The van der Waals surface area contributed by atoms with E-state index in [4.69, 9.17) is 11.6 Å². The van der Waals surface area contributed by atoms with Gasteiger partial charge in [0.2, 0.25) is 5.91 Å². The first-order chi connectivity index (χ1) is 20.1. The van der Waals surface area contributed by atoms with E-state index in [2.05, 4.69) is 25.9 Å². The maximum Gasteiger partial charge on any atom is 0.274 e. The molecule has 2 amide bonds. The molecule has 0 spiro atoms. The highest BCUT2D eigenvalue weighted by molar-refractivity contribution is 6.30. The molecule has 2 bridgehead atoms. The smallest absolute Gasteiger partial charge is 0.274 e. The Kier molecular flexibility index (Phi) is 8.44. The van der Waals surface area contributed by atoms with E-state index in [9.17, 15) is 18.8 Å². The van der Waals surface area contributed by atoms with Crippen molar-refractivity contribution in [3.8, 4) is 16.8 Å². The Labute approximate surface area is 247 Å². The molecular weight excluding hydrogens is 559 g/mol. The van der Waals surface area contributed by atoms with Crippen molar-refractivity contribution in [3.05, 3.63) is 88.2 Å². The van der Waals surface area contributed by atoms with Gasteiger partial charge < -0.3 is 10.6 Å². The fraction of sp³-hybridized carbons (Fsp3) is 0.290. The molecule has 3 heterocycles. The minimum atomic E-state index is -0.661. The summed E-state index contributed by atoms with van der Waals surface area (Å²) in [6, 6.07) is 13.3. The number of rotatable bonds is 5. The van der Waals surface area contributed by atoms with Crippen LogP contribution in [0.4, 0.5) is 10.1 Å². The zero-order valence-corrected chi connectivity index (χ0v) is 24.2. The first-order valence-corrected chi connectivity index (χ1v) is 14.1. The SMILES string of the molecule is CC(=O)Cc1ccc2c(c1)NC(=O)[C@H](C)CCC[C@H](NC(=O)c1nnn(-c3cccc(Cl)c3F)c1C)c1cc-2ccn1. The van der Waals surface area contributed by atoms with Gasteiger partial charge in [-0.3, -0.25) is 19.4 Å². The molecule has 0 saturated heterocycles. The number of fused-ring (bicyclic) bond motifs is 4. The number of nitrogens with one attached hydrogen (secondary N) is 2.